The third-order valence-electron chi connectivity index (χ3n) is 10.7. The van der Waals surface area contributed by atoms with Crippen molar-refractivity contribution in [3.8, 4) is 0 Å². The zero-order valence-electron chi connectivity index (χ0n) is 25.6. The minimum absolute atomic E-state index is 0.0476. The fourth-order valence-corrected chi connectivity index (χ4v) is 23.0. The first-order valence-corrected chi connectivity index (χ1v) is 22.4. The van der Waals surface area contributed by atoms with E-state index in [1.54, 1.807) is 0 Å². The number of esters is 1. The summed E-state index contributed by atoms with van der Waals surface area (Å²) in [5.74, 6) is -0.428. The Balaban J connectivity index is 1.44. The second kappa shape index (κ2) is 10.1. The number of fused-ring (bicyclic) bond motifs is 1. The topological polar surface area (TPSA) is 173 Å². The number of hydrogen-bond acceptors (Lipinski definition) is 9. The zero-order valence-corrected chi connectivity index (χ0v) is 30.0. The van der Waals surface area contributed by atoms with Gasteiger partial charge in [-0.1, -0.05) is 0 Å². The molecule has 0 spiro atoms. The fraction of sp³-hybridized carbons (Fsp3) is 0.966. The van der Waals surface area contributed by atoms with E-state index >= 15 is 0 Å². The van der Waals surface area contributed by atoms with Crippen molar-refractivity contribution < 1.29 is 30.0 Å². The van der Waals surface area contributed by atoms with Crippen molar-refractivity contribution in [3.05, 3.63) is 0 Å². The Kier molecular flexibility index (Phi) is 8.08. The van der Waals surface area contributed by atoms with Crippen LogP contribution < -0.4 is 10.6 Å². The van der Waals surface area contributed by atoms with E-state index < -0.39 is 66.4 Å². The molecular weight excluding hydrogens is 740 g/mol. The molecule has 0 amide bonds. The Morgan fingerprint density at radius 3 is 1.35 bits per heavy atom. The molecule has 5 aliphatic rings. The summed E-state index contributed by atoms with van der Waals surface area (Å²) >= 11 is -3.03. The van der Waals surface area contributed by atoms with Gasteiger partial charge in [0.1, 0.15) is 0 Å². The van der Waals surface area contributed by atoms with Crippen LogP contribution in [0.15, 0.2) is 0 Å². The number of nitrogens with one attached hydrogen (secondary N) is 3. The van der Waals surface area contributed by atoms with Crippen molar-refractivity contribution in [1.82, 2.24) is 10.6 Å². The van der Waals surface area contributed by atoms with Gasteiger partial charge in [-0.05, 0) is 0 Å². The number of carbonyl (C=O) groups is 1. The van der Waals surface area contributed by atoms with E-state index in [-0.39, 0.29) is 51.3 Å². The molecule has 2 aliphatic carbocycles. The number of carbonyl (C=O) groups excluding carboxylic acids is 1. The van der Waals surface area contributed by atoms with Gasteiger partial charge in [0, 0.05) is 0 Å². The maximum absolute atomic E-state index is 14.1. The molecule has 0 aromatic heterocycles. The summed E-state index contributed by atoms with van der Waals surface area (Å²) in [6.07, 6.45) is 4.13. The second-order valence-electron chi connectivity index (χ2n) is 15.4. The van der Waals surface area contributed by atoms with Gasteiger partial charge < -0.3 is 0 Å². The summed E-state index contributed by atoms with van der Waals surface area (Å²) in [6.45, 7) is 14.7. The van der Waals surface area contributed by atoms with Crippen LogP contribution in [0.25, 0.3) is 0 Å². The summed E-state index contributed by atoms with van der Waals surface area (Å²) in [6, 6.07) is 0. The van der Waals surface area contributed by atoms with E-state index in [2.05, 4.69) is 15.5 Å². The molecule has 3 aliphatic heterocycles. The SMILES string of the molecule is CI1NC1(C(=O)OC(C1CCC(C(C)(C)O)C(C(C)(C)O)C1)C1CCC(C(C)(C)O)C(C(C)(C)O)C1)C12NI1N2. The van der Waals surface area contributed by atoms with Crippen LogP contribution >= 0.6 is 40.5 Å². The standard InChI is InChI=1S/C29H53I2N3O6/c1-24(2,36)18-12-10-16(14-20(18)26(5,6)38)22(40-23(35)28(30(9)32-28)29-31(33-29)34-29)17-11-13-19(25(3,4)37)21(15-17)27(7,8)39/h16-22,32-34,36-39H,10-15H2,1-9H3. The molecule has 5 rings (SSSR count). The normalized spacial score (nSPS) is 40.2. The summed E-state index contributed by atoms with van der Waals surface area (Å²) in [5, 5.41) is 44.5. The van der Waals surface area contributed by atoms with Crippen molar-refractivity contribution in [1.29, 1.82) is 0 Å². The van der Waals surface area contributed by atoms with Gasteiger partial charge in [-0.2, -0.15) is 0 Å². The first kappa shape index (κ1) is 32.1. The average molecular weight is 794 g/mol. The van der Waals surface area contributed by atoms with Crippen LogP contribution in [0.2, 0.25) is 0 Å². The number of hydrogen-bond donors (Lipinski definition) is 7. The monoisotopic (exact) mass is 793 g/mol. The second-order valence-corrected chi connectivity index (χ2v) is 24.6. The van der Waals surface area contributed by atoms with Crippen LogP contribution in [0.5, 0.6) is 0 Å². The molecule has 40 heavy (non-hydrogen) atoms. The molecular formula is C29H53I2N3O6. The first-order valence-electron chi connectivity index (χ1n) is 14.9. The Labute approximate surface area is 255 Å². The van der Waals surface area contributed by atoms with Crippen LogP contribution in [0.4, 0.5) is 0 Å². The van der Waals surface area contributed by atoms with E-state index in [4.69, 9.17) is 4.74 Å². The van der Waals surface area contributed by atoms with Gasteiger partial charge in [0.15, 0.2) is 0 Å². The van der Waals surface area contributed by atoms with E-state index in [1.165, 1.54) is 0 Å². The van der Waals surface area contributed by atoms with Gasteiger partial charge in [-0.25, -0.2) is 0 Å². The third kappa shape index (κ3) is 5.63. The van der Waals surface area contributed by atoms with Crippen LogP contribution in [0.1, 0.15) is 93.9 Å². The molecule has 0 aromatic rings. The maximum atomic E-state index is 14.1. The quantitative estimate of drug-likeness (QED) is 0.0460. The average Bonchev–Trinajstić information content (AvgIpc) is 3.71. The molecule has 5 fully saturated rings. The summed E-state index contributed by atoms with van der Waals surface area (Å²) in [7, 11) is 0. The number of alkyl halides is 3. The summed E-state index contributed by atoms with van der Waals surface area (Å²) in [4.78, 5) is 16.3. The first-order chi connectivity index (χ1) is 18.1. The predicted octanol–water partition coefficient (Wildman–Crippen LogP) is 3.59. The molecule has 3 heterocycles. The molecule has 9 nitrogen and oxygen atoms in total. The van der Waals surface area contributed by atoms with Gasteiger partial charge >= 0.3 is 257 Å². The molecule has 0 bridgehead atoms. The molecule has 2 saturated carbocycles. The number of rotatable bonds is 9. The predicted molar refractivity (Wildman–Crippen MR) is 173 cm³/mol. The van der Waals surface area contributed by atoms with Crippen molar-refractivity contribution in [3.63, 3.8) is 0 Å². The van der Waals surface area contributed by atoms with Crippen molar-refractivity contribution >= 4 is 46.4 Å². The van der Waals surface area contributed by atoms with E-state index in [1.807, 2.05) is 55.4 Å². The minimum atomic E-state index is -1.66. The van der Waals surface area contributed by atoms with E-state index in [0.29, 0.717) is 12.8 Å². The molecule has 3 saturated heterocycles. The van der Waals surface area contributed by atoms with Gasteiger partial charge in [-0.3, -0.25) is 0 Å². The van der Waals surface area contributed by atoms with Crippen LogP contribution in [-0.2, 0) is 9.53 Å². The van der Waals surface area contributed by atoms with E-state index in [0.717, 1.165) is 25.7 Å². The van der Waals surface area contributed by atoms with Gasteiger partial charge in [0.25, 0.3) is 0 Å². The molecule has 0 radical (unpaired) electrons. The Hall–Kier alpha value is 0.650. The van der Waals surface area contributed by atoms with Crippen LogP contribution in [0.3, 0.4) is 0 Å². The Morgan fingerprint density at radius 2 is 1.07 bits per heavy atom. The van der Waals surface area contributed by atoms with Gasteiger partial charge in [-0.15, -0.1) is 0 Å². The molecule has 234 valence electrons. The molecule has 11 heteroatoms. The summed E-state index contributed by atoms with van der Waals surface area (Å²) < 4.78 is 16.6. The van der Waals surface area contributed by atoms with Crippen molar-refractivity contribution in [2.75, 3.05) is 4.93 Å². The van der Waals surface area contributed by atoms with Gasteiger partial charge in [0.05, 0.1) is 0 Å². The van der Waals surface area contributed by atoms with Crippen molar-refractivity contribution in [2.45, 2.75) is 130 Å². The molecule has 7 N–H and O–H groups in total. The number of halogens is 2. The number of aliphatic hydroxyl groups is 4. The van der Waals surface area contributed by atoms with Crippen LogP contribution in [-0.4, -0.2) is 67.0 Å². The molecule has 7 unspecified atom stereocenters. The zero-order chi connectivity index (χ0) is 29.8. The molecule has 7 atom stereocenters. The Bertz CT molecular complexity index is 946. The molecule has 0 aromatic carbocycles. The third-order valence-corrected chi connectivity index (χ3v) is 21.3. The van der Waals surface area contributed by atoms with Crippen LogP contribution in [0, 0.1) is 35.5 Å². The Morgan fingerprint density at radius 1 is 0.725 bits per heavy atom. The number of ether oxygens (including phenoxy) is 1. The summed E-state index contributed by atoms with van der Waals surface area (Å²) in [5.41, 5.74) is -3.81. The van der Waals surface area contributed by atoms with Gasteiger partial charge in [0.2, 0.25) is 0 Å². The van der Waals surface area contributed by atoms with E-state index in [9.17, 15) is 25.2 Å². The van der Waals surface area contributed by atoms with Crippen molar-refractivity contribution in [2.24, 2.45) is 35.5 Å². The fourth-order valence-electron chi connectivity index (χ4n) is 8.26.